The second-order valence-corrected chi connectivity index (χ2v) is 10.1. The molecule has 4 rings (SSSR count). The second kappa shape index (κ2) is 9.37. The summed E-state index contributed by atoms with van der Waals surface area (Å²) in [5.74, 6) is -0.716. The van der Waals surface area contributed by atoms with Crippen LogP contribution in [-0.2, 0) is 14.6 Å². The number of benzene rings is 2. The lowest BCUT2D eigenvalue weighted by Crippen LogP contribution is -2.49. The maximum Gasteiger partial charge on any atom is 0.256 e. The molecular weight excluding hydrogens is 447 g/mol. The number of carbonyl (C=O) groups excluding carboxylic acids is 1. The number of carbonyl (C=O) groups is 1. The molecule has 2 aromatic carbocycles. The molecule has 8 nitrogen and oxygen atoms in total. The summed E-state index contributed by atoms with van der Waals surface area (Å²) in [6.07, 6.45) is 1.12. The minimum Gasteiger partial charge on any atom is -0.378 e. The number of anilines is 2. The van der Waals surface area contributed by atoms with E-state index in [9.17, 15) is 17.6 Å². The van der Waals surface area contributed by atoms with Crippen molar-refractivity contribution < 1.29 is 22.3 Å². The van der Waals surface area contributed by atoms with Crippen molar-refractivity contribution in [1.29, 1.82) is 5.26 Å². The fourth-order valence-corrected chi connectivity index (χ4v) is 4.80. The molecule has 0 aromatic heterocycles. The summed E-state index contributed by atoms with van der Waals surface area (Å²) < 4.78 is 44.1. The fraction of sp³-hybridized carbons (Fsp3) is 0.391. The molecule has 0 radical (unpaired) electrons. The van der Waals surface area contributed by atoms with Crippen molar-refractivity contribution in [2.45, 2.75) is 4.90 Å². The Morgan fingerprint density at radius 1 is 0.970 bits per heavy atom. The van der Waals surface area contributed by atoms with Crippen LogP contribution in [0.4, 0.5) is 15.8 Å². The molecule has 1 amide bonds. The molecule has 0 aliphatic carbocycles. The van der Waals surface area contributed by atoms with Crippen molar-refractivity contribution in [2.24, 2.45) is 0 Å². The molecule has 0 bridgehead atoms. The lowest BCUT2D eigenvalue weighted by atomic mass is 10.1. The van der Waals surface area contributed by atoms with E-state index in [0.29, 0.717) is 69.4 Å². The molecule has 0 saturated carbocycles. The van der Waals surface area contributed by atoms with Crippen LogP contribution in [0.25, 0.3) is 0 Å². The number of amides is 1. The van der Waals surface area contributed by atoms with Crippen LogP contribution in [0.15, 0.2) is 41.3 Å². The van der Waals surface area contributed by atoms with Crippen molar-refractivity contribution in [3.63, 3.8) is 0 Å². The Morgan fingerprint density at radius 3 is 2.21 bits per heavy atom. The SMILES string of the molecule is CS(=O)(=O)c1ccc(N2CCOCC2)c(C(=O)N2CCN(c3ccc(C#N)cc3F)CC2)c1. The van der Waals surface area contributed by atoms with Gasteiger partial charge in [-0.15, -0.1) is 0 Å². The number of hydrogen-bond acceptors (Lipinski definition) is 7. The van der Waals surface area contributed by atoms with E-state index < -0.39 is 15.7 Å². The standard InChI is InChI=1S/C23H25FN4O4S/c1-33(30,31)18-3-5-21(27-10-12-32-13-11-27)19(15-18)23(29)28-8-6-26(7-9-28)22-4-2-17(16-25)14-20(22)24/h2-5,14-15H,6-13H2,1H3. The van der Waals surface area contributed by atoms with Gasteiger partial charge in [0, 0.05) is 51.2 Å². The Morgan fingerprint density at radius 2 is 1.61 bits per heavy atom. The Bertz CT molecular complexity index is 1200. The van der Waals surface area contributed by atoms with Gasteiger partial charge in [-0.3, -0.25) is 4.79 Å². The molecule has 2 aliphatic heterocycles. The zero-order chi connectivity index (χ0) is 23.6. The molecule has 0 N–H and O–H groups in total. The number of hydrogen-bond donors (Lipinski definition) is 0. The third-order valence-electron chi connectivity index (χ3n) is 5.96. The van der Waals surface area contributed by atoms with Crippen molar-refractivity contribution in [3.8, 4) is 6.07 Å². The van der Waals surface area contributed by atoms with Crippen molar-refractivity contribution in [1.82, 2.24) is 4.90 Å². The molecule has 174 valence electrons. The van der Waals surface area contributed by atoms with Crippen LogP contribution >= 0.6 is 0 Å². The quantitative estimate of drug-likeness (QED) is 0.671. The van der Waals surface area contributed by atoms with Gasteiger partial charge in [-0.2, -0.15) is 5.26 Å². The van der Waals surface area contributed by atoms with Gasteiger partial charge < -0.3 is 19.4 Å². The van der Waals surface area contributed by atoms with E-state index in [-0.39, 0.29) is 16.4 Å². The molecule has 2 aliphatic rings. The molecule has 33 heavy (non-hydrogen) atoms. The zero-order valence-electron chi connectivity index (χ0n) is 18.3. The van der Waals surface area contributed by atoms with Gasteiger partial charge in [-0.1, -0.05) is 0 Å². The van der Waals surface area contributed by atoms with Gasteiger partial charge in [-0.25, -0.2) is 12.8 Å². The smallest absolute Gasteiger partial charge is 0.256 e. The van der Waals surface area contributed by atoms with Crippen LogP contribution < -0.4 is 9.80 Å². The summed E-state index contributed by atoms with van der Waals surface area (Å²) in [5.41, 5.74) is 1.69. The van der Waals surface area contributed by atoms with E-state index in [1.165, 1.54) is 18.2 Å². The molecule has 0 atom stereocenters. The largest absolute Gasteiger partial charge is 0.378 e. The number of nitriles is 1. The van der Waals surface area contributed by atoms with Gasteiger partial charge in [0.05, 0.1) is 41.0 Å². The number of ether oxygens (including phenoxy) is 1. The van der Waals surface area contributed by atoms with Crippen LogP contribution in [0.5, 0.6) is 0 Å². The molecule has 0 unspecified atom stereocenters. The van der Waals surface area contributed by atoms with Gasteiger partial charge in [0.25, 0.3) is 5.91 Å². The number of nitrogens with zero attached hydrogens (tertiary/aromatic N) is 4. The summed E-state index contributed by atoms with van der Waals surface area (Å²) >= 11 is 0. The van der Waals surface area contributed by atoms with E-state index in [1.54, 1.807) is 23.1 Å². The predicted octanol–water partition coefficient (Wildman–Crippen LogP) is 1.90. The Hall–Kier alpha value is -3.16. The highest BCUT2D eigenvalue weighted by atomic mass is 32.2. The fourth-order valence-electron chi connectivity index (χ4n) is 4.15. The van der Waals surface area contributed by atoms with E-state index >= 15 is 0 Å². The second-order valence-electron chi connectivity index (χ2n) is 8.11. The lowest BCUT2D eigenvalue weighted by molar-refractivity contribution is 0.0745. The highest BCUT2D eigenvalue weighted by Crippen LogP contribution is 2.28. The first-order chi connectivity index (χ1) is 15.8. The van der Waals surface area contributed by atoms with Gasteiger partial charge in [0.2, 0.25) is 0 Å². The number of sulfone groups is 1. The maximum absolute atomic E-state index is 14.4. The predicted molar refractivity (Wildman–Crippen MR) is 122 cm³/mol. The Kier molecular flexibility index (Phi) is 6.54. The molecule has 2 saturated heterocycles. The number of morpholine rings is 1. The van der Waals surface area contributed by atoms with E-state index in [4.69, 9.17) is 10.00 Å². The summed E-state index contributed by atoms with van der Waals surface area (Å²) in [7, 11) is -3.48. The summed E-state index contributed by atoms with van der Waals surface area (Å²) in [4.78, 5) is 19.1. The third-order valence-corrected chi connectivity index (χ3v) is 7.07. The Labute approximate surface area is 192 Å². The van der Waals surface area contributed by atoms with E-state index in [2.05, 4.69) is 0 Å². The van der Waals surface area contributed by atoms with Gasteiger partial charge >= 0.3 is 0 Å². The number of rotatable bonds is 4. The van der Waals surface area contributed by atoms with Crippen molar-refractivity contribution >= 4 is 27.1 Å². The monoisotopic (exact) mass is 472 g/mol. The van der Waals surface area contributed by atoms with Crippen molar-refractivity contribution in [3.05, 3.63) is 53.3 Å². The number of halogens is 1. The molecule has 2 fully saturated rings. The van der Waals surface area contributed by atoms with Crippen molar-refractivity contribution in [2.75, 3.05) is 68.5 Å². The topological polar surface area (TPSA) is 93.9 Å². The molecule has 0 spiro atoms. The third kappa shape index (κ3) is 4.94. The molecule has 10 heteroatoms. The van der Waals surface area contributed by atoms with Crippen LogP contribution in [-0.4, -0.2) is 78.0 Å². The first kappa shape index (κ1) is 23.0. The van der Waals surface area contributed by atoms with Crippen LogP contribution in [0.1, 0.15) is 15.9 Å². The minimum absolute atomic E-state index is 0.0983. The maximum atomic E-state index is 14.4. The van der Waals surface area contributed by atoms with Crippen LogP contribution in [0.3, 0.4) is 0 Å². The minimum atomic E-state index is -3.48. The molecule has 2 heterocycles. The highest BCUT2D eigenvalue weighted by Gasteiger charge is 2.28. The van der Waals surface area contributed by atoms with E-state index in [0.717, 1.165) is 6.26 Å². The van der Waals surface area contributed by atoms with Crippen LogP contribution in [0.2, 0.25) is 0 Å². The highest BCUT2D eigenvalue weighted by molar-refractivity contribution is 7.90. The molecule has 2 aromatic rings. The average Bonchev–Trinajstić information content (AvgIpc) is 2.83. The first-order valence-corrected chi connectivity index (χ1v) is 12.6. The van der Waals surface area contributed by atoms with Crippen LogP contribution in [0, 0.1) is 17.1 Å². The Balaban J connectivity index is 1.56. The van der Waals surface area contributed by atoms with Gasteiger partial charge in [0.1, 0.15) is 5.82 Å². The summed E-state index contributed by atoms with van der Waals surface area (Å²) in [6.45, 7) is 3.88. The summed E-state index contributed by atoms with van der Waals surface area (Å²) in [5, 5.41) is 8.93. The summed E-state index contributed by atoms with van der Waals surface area (Å²) in [6, 6.07) is 11.0. The zero-order valence-corrected chi connectivity index (χ0v) is 19.1. The molecular formula is C23H25FN4O4S. The van der Waals surface area contributed by atoms with E-state index in [1.807, 2.05) is 15.9 Å². The first-order valence-electron chi connectivity index (χ1n) is 10.7. The van der Waals surface area contributed by atoms with Gasteiger partial charge in [-0.05, 0) is 36.4 Å². The normalized spacial score (nSPS) is 17.1. The lowest BCUT2D eigenvalue weighted by Gasteiger charge is -2.37. The average molecular weight is 473 g/mol. The number of piperazine rings is 1. The van der Waals surface area contributed by atoms with Gasteiger partial charge in [0.15, 0.2) is 9.84 Å².